The number of methoxy groups -OCH3 is 1. The first-order valence-electron chi connectivity index (χ1n) is 2.86. The molecule has 0 spiro atoms. The summed E-state index contributed by atoms with van der Waals surface area (Å²) in [6, 6.07) is 0. The smallest absolute Gasteiger partial charge is 0.152 e. The molecule has 0 aliphatic carbocycles. The van der Waals surface area contributed by atoms with Crippen molar-refractivity contribution in [3.05, 3.63) is 36.4 Å². The average Bonchev–Trinajstić information content (AvgIpc) is 2.02. The summed E-state index contributed by atoms with van der Waals surface area (Å²) in [5.41, 5.74) is -0.219. The van der Waals surface area contributed by atoms with E-state index in [1.54, 1.807) is 0 Å². The number of allylic oxidation sites excluding steroid dienone is 3. The third kappa shape index (κ3) is 3.35. The third-order valence-electron chi connectivity index (χ3n) is 0.999. The Bertz CT molecular complexity index is 216. The van der Waals surface area contributed by atoms with E-state index in [0.29, 0.717) is 6.29 Å². The zero-order valence-corrected chi connectivity index (χ0v) is 6.26. The molecule has 0 aromatic rings. The Kier molecular flexibility index (Phi) is 3.88. The summed E-state index contributed by atoms with van der Waals surface area (Å²) in [4.78, 5) is 9.97. The maximum atomic E-state index is 12.6. The number of aldehydes is 1. The lowest BCUT2D eigenvalue weighted by molar-refractivity contribution is -0.104. The zero-order valence-electron chi connectivity index (χ0n) is 6.26. The highest BCUT2D eigenvalue weighted by Crippen LogP contribution is 2.09. The quantitative estimate of drug-likeness (QED) is 0.268. The first-order valence-corrected chi connectivity index (χ1v) is 2.86. The predicted octanol–water partition coefficient (Wildman–Crippen LogP) is 1.75. The lowest BCUT2D eigenvalue weighted by atomic mass is 10.3. The van der Waals surface area contributed by atoms with Crippen molar-refractivity contribution in [3.63, 3.8) is 0 Å². The van der Waals surface area contributed by atoms with Crippen LogP contribution in [0.2, 0.25) is 0 Å². The van der Waals surface area contributed by atoms with Gasteiger partial charge in [0.25, 0.3) is 0 Å². The fraction of sp³-hybridized carbons (Fsp3) is 0.125. The average molecular weight is 156 g/mol. The molecule has 11 heavy (non-hydrogen) atoms. The van der Waals surface area contributed by atoms with Crippen LogP contribution in [-0.2, 0) is 9.53 Å². The van der Waals surface area contributed by atoms with Crippen LogP contribution < -0.4 is 0 Å². The molecule has 0 aromatic carbocycles. The van der Waals surface area contributed by atoms with Crippen LogP contribution in [0, 0.1) is 0 Å². The van der Waals surface area contributed by atoms with Gasteiger partial charge in [0.15, 0.2) is 6.29 Å². The Morgan fingerprint density at radius 3 is 2.45 bits per heavy atom. The van der Waals surface area contributed by atoms with Crippen molar-refractivity contribution in [1.82, 2.24) is 0 Å². The molecule has 2 nitrogen and oxygen atoms in total. The van der Waals surface area contributed by atoms with Crippen molar-refractivity contribution in [2.75, 3.05) is 7.11 Å². The number of ether oxygens (including phenoxy) is 1. The molecule has 0 rings (SSSR count). The molecule has 0 aliphatic heterocycles. The van der Waals surface area contributed by atoms with E-state index in [-0.39, 0.29) is 11.3 Å². The van der Waals surface area contributed by atoms with Gasteiger partial charge >= 0.3 is 0 Å². The van der Waals surface area contributed by atoms with Crippen LogP contribution in [0.4, 0.5) is 4.39 Å². The second kappa shape index (κ2) is 4.44. The van der Waals surface area contributed by atoms with Crippen LogP contribution in [0.25, 0.3) is 0 Å². The van der Waals surface area contributed by atoms with Gasteiger partial charge in [-0.15, -0.1) is 0 Å². The van der Waals surface area contributed by atoms with Gasteiger partial charge in [-0.25, -0.2) is 4.39 Å². The van der Waals surface area contributed by atoms with E-state index >= 15 is 0 Å². The van der Waals surface area contributed by atoms with E-state index in [1.165, 1.54) is 7.11 Å². The van der Waals surface area contributed by atoms with Gasteiger partial charge in [-0.3, -0.25) is 4.79 Å². The minimum absolute atomic E-state index is 0.144. The molecule has 0 aromatic heterocycles. The van der Waals surface area contributed by atoms with E-state index in [0.717, 1.165) is 6.08 Å². The molecule has 0 heterocycles. The van der Waals surface area contributed by atoms with E-state index in [2.05, 4.69) is 17.9 Å². The summed E-state index contributed by atoms with van der Waals surface area (Å²) in [7, 11) is 1.36. The standard InChI is InChI=1S/C8H9FO2/c1-6(5-10)8(9)4-7(2)11-3/h4-5H,1-2H2,3H3/b8-4+. The van der Waals surface area contributed by atoms with Crippen LogP contribution in [0.3, 0.4) is 0 Å². The fourth-order valence-corrected chi connectivity index (χ4v) is 0.349. The van der Waals surface area contributed by atoms with E-state index in [1.807, 2.05) is 0 Å². The van der Waals surface area contributed by atoms with Crippen molar-refractivity contribution in [1.29, 1.82) is 0 Å². The van der Waals surface area contributed by atoms with Crippen molar-refractivity contribution >= 4 is 6.29 Å². The fourth-order valence-electron chi connectivity index (χ4n) is 0.349. The molecule has 0 radical (unpaired) electrons. The van der Waals surface area contributed by atoms with Gasteiger partial charge < -0.3 is 4.74 Å². The van der Waals surface area contributed by atoms with Gasteiger partial charge in [0.1, 0.15) is 11.6 Å². The lowest BCUT2D eigenvalue weighted by Gasteiger charge is -1.96. The molecule has 0 saturated heterocycles. The maximum absolute atomic E-state index is 12.6. The van der Waals surface area contributed by atoms with Crippen molar-refractivity contribution in [3.8, 4) is 0 Å². The lowest BCUT2D eigenvalue weighted by Crippen LogP contribution is -1.85. The van der Waals surface area contributed by atoms with Gasteiger partial charge in [0.05, 0.1) is 7.11 Å². The maximum Gasteiger partial charge on any atom is 0.152 e. The Hall–Kier alpha value is -1.38. The van der Waals surface area contributed by atoms with E-state index < -0.39 is 5.83 Å². The largest absolute Gasteiger partial charge is 0.497 e. The van der Waals surface area contributed by atoms with Crippen molar-refractivity contribution in [2.45, 2.75) is 0 Å². The van der Waals surface area contributed by atoms with Crippen LogP contribution in [0.5, 0.6) is 0 Å². The topological polar surface area (TPSA) is 26.3 Å². The van der Waals surface area contributed by atoms with Gasteiger partial charge in [-0.1, -0.05) is 13.2 Å². The van der Waals surface area contributed by atoms with Crippen molar-refractivity contribution in [2.24, 2.45) is 0 Å². The number of halogens is 1. The highest BCUT2D eigenvalue weighted by Gasteiger charge is 1.99. The van der Waals surface area contributed by atoms with Crippen molar-refractivity contribution < 1.29 is 13.9 Å². The Balaban J connectivity index is 4.33. The molecule has 3 heteroatoms. The Morgan fingerprint density at radius 1 is 1.55 bits per heavy atom. The SMILES string of the molecule is C=C(/C=C(/F)C(=C)C=O)OC. The number of hydrogen-bond acceptors (Lipinski definition) is 2. The summed E-state index contributed by atoms with van der Waals surface area (Å²) in [6.45, 7) is 6.49. The summed E-state index contributed by atoms with van der Waals surface area (Å²) < 4.78 is 17.2. The molecule has 0 unspecified atom stereocenters. The zero-order chi connectivity index (χ0) is 8.85. The van der Waals surface area contributed by atoms with Crippen LogP contribution in [-0.4, -0.2) is 13.4 Å². The molecular weight excluding hydrogens is 147 g/mol. The second-order valence-corrected chi connectivity index (χ2v) is 1.81. The summed E-state index contributed by atoms with van der Waals surface area (Å²) >= 11 is 0. The monoisotopic (exact) mass is 156 g/mol. The molecular formula is C8H9FO2. The van der Waals surface area contributed by atoms with Gasteiger partial charge in [0, 0.05) is 11.6 Å². The minimum atomic E-state index is -0.730. The molecule has 0 amide bonds. The first-order chi connectivity index (χ1) is 5.11. The number of carbonyl (C=O) groups excluding carboxylic acids is 1. The first kappa shape index (κ1) is 9.62. The molecule has 60 valence electrons. The number of carbonyl (C=O) groups is 1. The Morgan fingerprint density at radius 2 is 2.09 bits per heavy atom. The van der Waals surface area contributed by atoms with Crippen LogP contribution in [0.15, 0.2) is 36.4 Å². The summed E-state index contributed by atoms with van der Waals surface area (Å²) in [6.07, 6.45) is 1.32. The molecule has 0 fully saturated rings. The predicted molar refractivity (Wildman–Crippen MR) is 40.5 cm³/mol. The third-order valence-corrected chi connectivity index (χ3v) is 0.999. The number of rotatable bonds is 4. The van der Waals surface area contributed by atoms with Crippen LogP contribution >= 0.6 is 0 Å². The highest BCUT2D eigenvalue weighted by molar-refractivity contribution is 5.78. The number of hydrogen-bond donors (Lipinski definition) is 0. The normalized spacial score (nSPS) is 10.5. The second-order valence-electron chi connectivity index (χ2n) is 1.81. The van der Waals surface area contributed by atoms with Gasteiger partial charge in [0.2, 0.25) is 0 Å². The minimum Gasteiger partial charge on any atom is -0.497 e. The summed E-state index contributed by atoms with van der Waals surface area (Å²) in [5.74, 6) is -0.586. The molecule has 0 atom stereocenters. The molecule has 0 bridgehead atoms. The Labute approximate surface area is 64.7 Å². The van der Waals surface area contributed by atoms with E-state index in [4.69, 9.17) is 0 Å². The van der Waals surface area contributed by atoms with Crippen LogP contribution in [0.1, 0.15) is 0 Å². The molecule has 0 aliphatic rings. The molecule has 0 saturated carbocycles. The van der Waals surface area contributed by atoms with Gasteiger partial charge in [-0.2, -0.15) is 0 Å². The van der Waals surface area contributed by atoms with Gasteiger partial charge in [-0.05, 0) is 0 Å². The molecule has 0 N–H and O–H groups in total. The van der Waals surface area contributed by atoms with E-state index in [9.17, 15) is 9.18 Å². The highest BCUT2D eigenvalue weighted by atomic mass is 19.1. The summed E-state index contributed by atoms with van der Waals surface area (Å²) in [5, 5.41) is 0.